The minimum atomic E-state index is -0.758. The van der Waals surface area contributed by atoms with Gasteiger partial charge in [-0.15, -0.1) is 0 Å². The van der Waals surface area contributed by atoms with E-state index in [-0.39, 0.29) is 12.3 Å². The van der Waals surface area contributed by atoms with Gasteiger partial charge in [0.05, 0.1) is 13.5 Å². The van der Waals surface area contributed by atoms with E-state index in [1.807, 2.05) is 18.2 Å². The SMILES string of the molecule is COc1ccc2cccc3c2c1[C@@H](CC(=O)O)C3. The monoisotopic (exact) mass is 242 g/mol. The van der Waals surface area contributed by atoms with Gasteiger partial charge in [-0.2, -0.15) is 0 Å². The van der Waals surface area contributed by atoms with Gasteiger partial charge in [0, 0.05) is 11.5 Å². The van der Waals surface area contributed by atoms with Gasteiger partial charge in [0.15, 0.2) is 0 Å². The van der Waals surface area contributed by atoms with Crippen LogP contribution in [0, 0.1) is 0 Å². The second-order valence-corrected chi connectivity index (χ2v) is 4.70. The molecule has 0 amide bonds. The Morgan fingerprint density at radius 1 is 1.39 bits per heavy atom. The molecule has 3 rings (SSSR count). The Morgan fingerprint density at radius 3 is 2.94 bits per heavy atom. The van der Waals surface area contributed by atoms with Crippen molar-refractivity contribution in [3.05, 3.63) is 41.5 Å². The summed E-state index contributed by atoms with van der Waals surface area (Å²) >= 11 is 0. The van der Waals surface area contributed by atoms with Crippen molar-refractivity contribution >= 4 is 16.7 Å². The number of aliphatic carboxylic acids is 1. The Balaban J connectivity index is 2.23. The summed E-state index contributed by atoms with van der Waals surface area (Å²) in [7, 11) is 1.64. The second-order valence-electron chi connectivity index (χ2n) is 4.70. The molecule has 0 saturated carbocycles. The first kappa shape index (κ1) is 11.1. The lowest BCUT2D eigenvalue weighted by Gasteiger charge is -2.13. The van der Waals surface area contributed by atoms with Gasteiger partial charge in [0.25, 0.3) is 0 Å². The molecule has 3 nitrogen and oxygen atoms in total. The van der Waals surface area contributed by atoms with Crippen molar-refractivity contribution in [1.29, 1.82) is 0 Å². The summed E-state index contributed by atoms with van der Waals surface area (Å²) in [6.07, 6.45) is 0.948. The smallest absolute Gasteiger partial charge is 0.303 e. The normalized spacial score (nSPS) is 17.1. The van der Waals surface area contributed by atoms with Crippen LogP contribution < -0.4 is 4.74 Å². The van der Waals surface area contributed by atoms with E-state index in [1.165, 1.54) is 10.9 Å². The molecule has 0 aliphatic heterocycles. The highest BCUT2D eigenvalue weighted by molar-refractivity contribution is 5.94. The molecule has 0 spiro atoms. The van der Waals surface area contributed by atoms with Gasteiger partial charge in [0.2, 0.25) is 0 Å². The molecule has 0 fully saturated rings. The van der Waals surface area contributed by atoms with E-state index in [0.29, 0.717) is 0 Å². The molecule has 2 aromatic carbocycles. The Kier molecular flexibility index (Phi) is 2.47. The van der Waals surface area contributed by atoms with Gasteiger partial charge in [-0.3, -0.25) is 4.79 Å². The third-order valence-corrected chi connectivity index (χ3v) is 3.65. The highest BCUT2D eigenvalue weighted by Crippen LogP contribution is 2.44. The molecule has 1 N–H and O–H groups in total. The third-order valence-electron chi connectivity index (χ3n) is 3.65. The van der Waals surface area contributed by atoms with Gasteiger partial charge in [-0.05, 0) is 28.8 Å². The summed E-state index contributed by atoms with van der Waals surface area (Å²) in [5, 5.41) is 11.4. The fourth-order valence-corrected chi connectivity index (χ4v) is 2.97. The largest absolute Gasteiger partial charge is 0.496 e. The van der Waals surface area contributed by atoms with Crippen molar-refractivity contribution in [2.75, 3.05) is 7.11 Å². The Labute approximate surface area is 105 Å². The highest BCUT2D eigenvalue weighted by atomic mass is 16.5. The number of hydrogen-bond donors (Lipinski definition) is 1. The molecule has 0 bridgehead atoms. The number of rotatable bonds is 3. The number of hydrogen-bond acceptors (Lipinski definition) is 2. The molecule has 0 saturated heterocycles. The number of carboxylic acid groups (broad SMARTS) is 1. The van der Waals surface area contributed by atoms with Crippen LogP contribution in [-0.2, 0) is 11.2 Å². The van der Waals surface area contributed by atoms with Gasteiger partial charge in [0.1, 0.15) is 5.75 Å². The minimum Gasteiger partial charge on any atom is -0.496 e. The van der Waals surface area contributed by atoms with Crippen LogP contribution in [0.4, 0.5) is 0 Å². The molecule has 1 aliphatic carbocycles. The number of benzene rings is 2. The first-order valence-electron chi connectivity index (χ1n) is 6.01. The average molecular weight is 242 g/mol. The van der Waals surface area contributed by atoms with E-state index in [1.54, 1.807) is 7.11 Å². The van der Waals surface area contributed by atoms with Crippen LogP contribution >= 0.6 is 0 Å². The van der Waals surface area contributed by atoms with E-state index in [2.05, 4.69) is 12.1 Å². The minimum absolute atomic E-state index is 0.0264. The molecular formula is C15H14O3. The third kappa shape index (κ3) is 1.55. The fraction of sp³-hybridized carbons (Fsp3) is 0.267. The summed E-state index contributed by atoms with van der Waals surface area (Å²) < 4.78 is 5.40. The highest BCUT2D eigenvalue weighted by Gasteiger charge is 2.29. The van der Waals surface area contributed by atoms with Crippen molar-refractivity contribution in [2.24, 2.45) is 0 Å². The Morgan fingerprint density at radius 2 is 2.22 bits per heavy atom. The predicted molar refractivity (Wildman–Crippen MR) is 69.2 cm³/mol. The van der Waals surface area contributed by atoms with Crippen molar-refractivity contribution in [2.45, 2.75) is 18.8 Å². The van der Waals surface area contributed by atoms with E-state index in [9.17, 15) is 4.79 Å². The Hall–Kier alpha value is -2.03. The van der Waals surface area contributed by atoms with E-state index in [0.717, 1.165) is 23.1 Å². The van der Waals surface area contributed by atoms with Crippen LogP contribution in [0.1, 0.15) is 23.5 Å². The lowest BCUT2D eigenvalue weighted by atomic mass is 9.96. The van der Waals surface area contributed by atoms with Gasteiger partial charge in [-0.25, -0.2) is 0 Å². The predicted octanol–water partition coefficient (Wildman–Crippen LogP) is 2.96. The number of carbonyl (C=O) groups is 1. The molecule has 1 atom stereocenters. The van der Waals surface area contributed by atoms with Crippen LogP contribution in [0.2, 0.25) is 0 Å². The summed E-state index contributed by atoms with van der Waals surface area (Å²) in [6.45, 7) is 0. The molecule has 0 heterocycles. The molecule has 18 heavy (non-hydrogen) atoms. The van der Waals surface area contributed by atoms with Crippen LogP contribution in [0.15, 0.2) is 30.3 Å². The second kappa shape index (κ2) is 4.02. The average Bonchev–Trinajstić information content (AvgIpc) is 2.70. The maximum absolute atomic E-state index is 11.0. The van der Waals surface area contributed by atoms with Crippen molar-refractivity contribution in [1.82, 2.24) is 0 Å². The first-order valence-corrected chi connectivity index (χ1v) is 6.01. The molecule has 3 heteroatoms. The van der Waals surface area contributed by atoms with Crippen LogP contribution in [0.25, 0.3) is 10.8 Å². The summed E-state index contributed by atoms with van der Waals surface area (Å²) in [6, 6.07) is 10.1. The maximum atomic E-state index is 11.0. The molecule has 92 valence electrons. The zero-order valence-electron chi connectivity index (χ0n) is 10.1. The molecule has 0 radical (unpaired) electrons. The number of carboxylic acids is 1. The summed E-state index contributed by atoms with van der Waals surface area (Å²) in [5.41, 5.74) is 2.29. The fourth-order valence-electron chi connectivity index (χ4n) is 2.97. The first-order chi connectivity index (χ1) is 8.70. The molecule has 2 aromatic rings. The lowest BCUT2D eigenvalue weighted by molar-refractivity contribution is -0.137. The standard InChI is InChI=1S/C15H14O3/c1-18-12-6-5-9-3-2-4-10-7-11(8-13(16)17)15(12)14(9)10/h2-6,11H,7-8H2,1H3,(H,16,17)/t11-/m1/s1. The molecule has 1 aliphatic rings. The molecular weight excluding hydrogens is 228 g/mol. The van der Waals surface area contributed by atoms with Crippen LogP contribution in [-0.4, -0.2) is 18.2 Å². The molecule has 0 aromatic heterocycles. The topological polar surface area (TPSA) is 46.5 Å². The van der Waals surface area contributed by atoms with Crippen LogP contribution in [0.5, 0.6) is 5.75 Å². The van der Waals surface area contributed by atoms with Crippen molar-refractivity contribution in [3.8, 4) is 5.75 Å². The zero-order chi connectivity index (χ0) is 12.7. The Bertz CT molecular complexity index is 631. The number of methoxy groups -OCH3 is 1. The van der Waals surface area contributed by atoms with Gasteiger partial charge in [-0.1, -0.05) is 24.3 Å². The van der Waals surface area contributed by atoms with Gasteiger partial charge >= 0.3 is 5.97 Å². The summed E-state index contributed by atoms with van der Waals surface area (Å²) in [5.74, 6) is 0.0733. The van der Waals surface area contributed by atoms with Crippen LogP contribution in [0.3, 0.4) is 0 Å². The van der Waals surface area contributed by atoms with E-state index in [4.69, 9.17) is 9.84 Å². The zero-order valence-corrected chi connectivity index (χ0v) is 10.1. The van der Waals surface area contributed by atoms with Crippen molar-refractivity contribution < 1.29 is 14.6 Å². The van der Waals surface area contributed by atoms with Crippen molar-refractivity contribution in [3.63, 3.8) is 0 Å². The molecule has 0 unspecified atom stereocenters. The number of ether oxygens (including phenoxy) is 1. The maximum Gasteiger partial charge on any atom is 0.303 e. The lowest BCUT2D eigenvalue weighted by Crippen LogP contribution is -2.06. The summed E-state index contributed by atoms with van der Waals surface area (Å²) in [4.78, 5) is 11.0. The van der Waals surface area contributed by atoms with Gasteiger partial charge < -0.3 is 9.84 Å². The van der Waals surface area contributed by atoms with E-state index < -0.39 is 5.97 Å². The quantitative estimate of drug-likeness (QED) is 0.900. The van der Waals surface area contributed by atoms with E-state index >= 15 is 0 Å².